The van der Waals surface area contributed by atoms with Crippen molar-refractivity contribution in [1.82, 2.24) is 0 Å². The van der Waals surface area contributed by atoms with Crippen molar-refractivity contribution in [3.8, 4) is 0 Å². The van der Waals surface area contributed by atoms with Crippen molar-refractivity contribution in [3.63, 3.8) is 0 Å². The summed E-state index contributed by atoms with van der Waals surface area (Å²) in [6.07, 6.45) is 8.01. The smallest absolute Gasteiger partial charge is 0.318 e. The minimum Gasteiger partial charge on any atom is -0.432 e. The minimum atomic E-state index is -1.03. The van der Waals surface area contributed by atoms with E-state index in [2.05, 4.69) is 13.0 Å². The van der Waals surface area contributed by atoms with Crippen LogP contribution in [0.15, 0.2) is 11.6 Å². The Bertz CT molecular complexity index is 762. The normalized spacial score (nSPS) is 62.2. The fourth-order valence-electron chi connectivity index (χ4n) is 8.47. The Labute approximate surface area is 153 Å². The molecule has 2 saturated heterocycles. The molecule has 4 aliphatic carbocycles. The van der Waals surface area contributed by atoms with Gasteiger partial charge >= 0.3 is 5.97 Å². The summed E-state index contributed by atoms with van der Waals surface area (Å²) >= 11 is 0. The van der Waals surface area contributed by atoms with E-state index < -0.39 is 22.4 Å². The van der Waals surface area contributed by atoms with Crippen molar-refractivity contribution >= 4 is 5.97 Å². The first-order valence-corrected chi connectivity index (χ1v) is 10.3. The van der Waals surface area contributed by atoms with Gasteiger partial charge in [-0.2, -0.15) is 0 Å². The second-order valence-electron chi connectivity index (χ2n) is 10.2. The number of carbonyl (C=O) groups excluding carboxylic acids is 1. The molecular weight excluding hydrogens is 332 g/mol. The van der Waals surface area contributed by atoms with Gasteiger partial charge in [-0.05, 0) is 62.7 Å². The van der Waals surface area contributed by atoms with E-state index in [0.717, 1.165) is 38.5 Å². The number of esters is 1. The molecular formula is C21H28O5. The summed E-state index contributed by atoms with van der Waals surface area (Å²) in [5.74, 6) is -0.866. The zero-order valence-electron chi connectivity index (χ0n) is 15.6. The van der Waals surface area contributed by atoms with Gasteiger partial charge < -0.3 is 19.7 Å². The highest BCUT2D eigenvalue weighted by Crippen LogP contribution is 2.79. The van der Waals surface area contributed by atoms with Gasteiger partial charge in [0.2, 0.25) is 5.79 Å². The first kappa shape index (κ1) is 16.1. The fourth-order valence-corrected chi connectivity index (χ4v) is 8.47. The number of hydrogen-bond donors (Lipinski definition) is 2. The van der Waals surface area contributed by atoms with Gasteiger partial charge in [-0.25, -0.2) is 0 Å². The van der Waals surface area contributed by atoms with Crippen LogP contribution in [0.25, 0.3) is 0 Å². The van der Waals surface area contributed by atoms with Crippen LogP contribution in [-0.4, -0.2) is 39.3 Å². The lowest BCUT2D eigenvalue weighted by Crippen LogP contribution is -2.73. The molecule has 0 aromatic carbocycles. The van der Waals surface area contributed by atoms with Gasteiger partial charge in [0, 0.05) is 12.8 Å². The van der Waals surface area contributed by atoms with Gasteiger partial charge in [0.25, 0.3) is 0 Å². The van der Waals surface area contributed by atoms with Crippen molar-refractivity contribution in [2.75, 3.05) is 0 Å². The summed E-state index contributed by atoms with van der Waals surface area (Å²) in [6.45, 7) is 4.15. The topological polar surface area (TPSA) is 76.0 Å². The lowest BCUT2D eigenvalue weighted by molar-refractivity contribution is -0.343. The van der Waals surface area contributed by atoms with E-state index in [9.17, 15) is 15.0 Å². The predicted molar refractivity (Wildman–Crippen MR) is 91.8 cm³/mol. The molecule has 5 heteroatoms. The van der Waals surface area contributed by atoms with E-state index in [4.69, 9.17) is 9.47 Å². The summed E-state index contributed by atoms with van der Waals surface area (Å²) in [4.78, 5) is 13.0. The molecule has 2 N–H and O–H groups in total. The predicted octanol–water partition coefficient (Wildman–Crippen LogP) is 2.45. The van der Waals surface area contributed by atoms with Crippen LogP contribution in [0.2, 0.25) is 0 Å². The Morgan fingerprint density at radius 2 is 1.88 bits per heavy atom. The molecule has 0 amide bonds. The third kappa shape index (κ3) is 1.33. The van der Waals surface area contributed by atoms with Crippen LogP contribution in [0, 0.1) is 22.7 Å². The Morgan fingerprint density at radius 3 is 2.69 bits per heavy atom. The van der Waals surface area contributed by atoms with Crippen LogP contribution in [0.4, 0.5) is 0 Å². The third-order valence-corrected chi connectivity index (χ3v) is 9.49. The van der Waals surface area contributed by atoms with Crippen molar-refractivity contribution < 1.29 is 24.5 Å². The molecule has 8 unspecified atom stereocenters. The molecule has 2 heterocycles. The van der Waals surface area contributed by atoms with Crippen LogP contribution < -0.4 is 0 Å². The standard InChI is InChI=1S/C21H28O5/c1-17-7-4-13(22)11-12(17)3-9-20(24)14(17)5-8-19-15-6-10-21(19,20)26-18(15,2)25-16(19)23/h3,13-15,22,24H,4-11H2,1-2H3. The fraction of sp³-hybridized carbons (Fsp3) is 0.857. The second kappa shape index (κ2) is 4.23. The minimum absolute atomic E-state index is 0.0684. The molecule has 2 aliphatic heterocycles. The number of aliphatic hydroxyl groups is 2. The molecule has 0 aromatic rings. The zero-order chi connectivity index (χ0) is 18.2. The van der Waals surface area contributed by atoms with E-state index in [1.807, 2.05) is 6.92 Å². The molecule has 0 radical (unpaired) electrons. The Balaban J connectivity index is 1.53. The number of fused-ring (bicyclic) bond motifs is 3. The van der Waals surface area contributed by atoms with Gasteiger partial charge in [0.1, 0.15) is 16.6 Å². The van der Waals surface area contributed by atoms with Gasteiger partial charge in [-0.3, -0.25) is 4.79 Å². The Morgan fingerprint density at radius 1 is 1.12 bits per heavy atom. The highest BCUT2D eigenvalue weighted by atomic mass is 16.8. The number of carbonyl (C=O) groups is 1. The number of aliphatic hydroxyl groups excluding tert-OH is 1. The highest BCUT2D eigenvalue weighted by Gasteiger charge is 2.89. The maximum atomic E-state index is 13.0. The number of rotatable bonds is 0. The van der Waals surface area contributed by atoms with Gasteiger partial charge in [0.05, 0.1) is 6.10 Å². The van der Waals surface area contributed by atoms with E-state index >= 15 is 0 Å². The second-order valence-corrected chi connectivity index (χ2v) is 10.2. The number of ether oxygens (including phenoxy) is 2. The van der Waals surface area contributed by atoms with Crippen LogP contribution >= 0.6 is 0 Å². The van der Waals surface area contributed by atoms with E-state index in [-0.39, 0.29) is 29.3 Å². The van der Waals surface area contributed by atoms with Gasteiger partial charge in [-0.15, -0.1) is 0 Å². The summed E-state index contributed by atoms with van der Waals surface area (Å²) < 4.78 is 12.2. The van der Waals surface area contributed by atoms with Gasteiger partial charge in [-0.1, -0.05) is 18.6 Å². The van der Waals surface area contributed by atoms with Crippen molar-refractivity contribution in [2.24, 2.45) is 22.7 Å². The SMILES string of the molecule is CC12OC(=O)C34CCC5C6(C)CCC(O)CC6=CCC5(O)C3(CCC14)O2. The van der Waals surface area contributed by atoms with Crippen molar-refractivity contribution in [1.29, 1.82) is 0 Å². The molecule has 5 nitrogen and oxygen atoms in total. The summed E-state index contributed by atoms with van der Waals surface area (Å²) in [6, 6.07) is 0. The molecule has 4 bridgehead atoms. The molecule has 142 valence electrons. The van der Waals surface area contributed by atoms with E-state index in [1.165, 1.54) is 5.57 Å². The lowest BCUT2D eigenvalue weighted by atomic mass is 9.44. The average molecular weight is 360 g/mol. The maximum Gasteiger partial charge on any atom is 0.318 e. The largest absolute Gasteiger partial charge is 0.432 e. The van der Waals surface area contributed by atoms with Crippen molar-refractivity contribution in [3.05, 3.63) is 11.6 Å². The maximum absolute atomic E-state index is 13.0. The van der Waals surface area contributed by atoms with Crippen LogP contribution in [-0.2, 0) is 14.3 Å². The van der Waals surface area contributed by atoms with Crippen LogP contribution in [0.1, 0.15) is 65.2 Å². The zero-order valence-corrected chi connectivity index (χ0v) is 15.6. The van der Waals surface area contributed by atoms with Gasteiger partial charge in [0.15, 0.2) is 0 Å². The highest BCUT2D eigenvalue weighted by molar-refractivity contribution is 5.85. The summed E-state index contributed by atoms with van der Waals surface area (Å²) in [5.41, 5.74) is -1.32. The average Bonchev–Trinajstić information content (AvgIpc) is 3.11. The van der Waals surface area contributed by atoms with Crippen LogP contribution in [0.3, 0.4) is 0 Å². The van der Waals surface area contributed by atoms with Crippen molar-refractivity contribution in [2.45, 2.75) is 88.3 Å². The molecule has 0 aromatic heterocycles. The summed E-state index contributed by atoms with van der Waals surface area (Å²) in [7, 11) is 0. The molecule has 26 heavy (non-hydrogen) atoms. The molecule has 1 spiro atoms. The Hall–Kier alpha value is -0.910. The van der Waals surface area contributed by atoms with E-state index in [1.54, 1.807) is 0 Å². The molecule has 3 saturated carbocycles. The first-order chi connectivity index (χ1) is 12.2. The van der Waals surface area contributed by atoms with Crippen LogP contribution in [0.5, 0.6) is 0 Å². The quantitative estimate of drug-likeness (QED) is 0.513. The molecule has 8 atom stereocenters. The number of hydrogen-bond acceptors (Lipinski definition) is 5. The lowest BCUT2D eigenvalue weighted by Gasteiger charge is -2.64. The third-order valence-electron chi connectivity index (χ3n) is 9.49. The Kier molecular flexibility index (Phi) is 2.62. The molecule has 5 fully saturated rings. The molecule has 6 rings (SSSR count). The first-order valence-electron chi connectivity index (χ1n) is 10.3. The monoisotopic (exact) mass is 360 g/mol. The van der Waals surface area contributed by atoms with E-state index in [0.29, 0.717) is 12.8 Å². The molecule has 6 aliphatic rings. The summed E-state index contributed by atoms with van der Waals surface area (Å²) in [5, 5.41) is 22.4.